The van der Waals surface area contributed by atoms with Gasteiger partial charge in [-0.25, -0.2) is 0 Å². The SMILES string of the molecule is CCNC1CCC(O)(CC(C)CC)CC1. The first kappa shape index (κ1) is 13.0. The molecule has 1 aliphatic rings. The predicted octanol–water partition coefficient (Wildman–Crippen LogP) is 2.71. The molecule has 90 valence electrons. The third kappa shape index (κ3) is 4.12. The lowest BCUT2D eigenvalue weighted by atomic mass is 9.77. The number of rotatable bonds is 5. The summed E-state index contributed by atoms with van der Waals surface area (Å²) in [5.74, 6) is 0.658. The zero-order valence-corrected chi connectivity index (χ0v) is 10.6. The highest BCUT2D eigenvalue weighted by molar-refractivity contribution is 4.88. The van der Waals surface area contributed by atoms with Crippen LogP contribution in [0.5, 0.6) is 0 Å². The highest BCUT2D eigenvalue weighted by atomic mass is 16.3. The second kappa shape index (κ2) is 5.86. The molecule has 15 heavy (non-hydrogen) atoms. The highest BCUT2D eigenvalue weighted by Gasteiger charge is 2.33. The van der Waals surface area contributed by atoms with Gasteiger partial charge in [-0.3, -0.25) is 0 Å². The lowest BCUT2D eigenvalue weighted by Gasteiger charge is -2.37. The van der Waals surface area contributed by atoms with Crippen molar-refractivity contribution in [2.45, 2.75) is 70.9 Å². The van der Waals surface area contributed by atoms with E-state index >= 15 is 0 Å². The Kier molecular flexibility index (Phi) is 5.07. The van der Waals surface area contributed by atoms with E-state index < -0.39 is 0 Å². The van der Waals surface area contributed by atoms with Crippen molar-refractivity contribution in [2.75, 3.05) is 6.54 Å². The summed E-state index contributed by atoms with van der Waals surface area (Å²) in [5, 5.41) is 13.9. The van der Waals surface area contributed by atoms with E-state index in [0.29, 0.717) is 12.0 Å². The van der Waals surface area contributed by atoms with E-state index in [0.717, 1.165) is 38.6 Å². The topological polar surface area (TPSA) is 32.3 Å². The molecule has 2 N–H and O–H groups in total. The quantitative estimate of drug-likeness (QED) is 0.736. The summed E-state index contributed by atoms with van der Waals surface area (Å²) >= 11 is 0. The summed E-state index contributed by atoms with van der Waals surface area (Å²) in [6.07, 6.45) is 6.41. The Labute approximate surface area is 94.5 Å². The van der Waals surface area contributed by atoms with Crippen LogP contribution in [0.3, 0.4) is 0 Å². The summed E-state index contributed by atoms with van der Waals surface area (Å²) in [5.41, 5.74) is -0.360. The van der Waals surface area contributed by atoms with Crippen molar-refractivity contribution in [2.24, 2.45) is 5.92 Å². The Bertz CT molecular complexity index is 173. The van der Waals surface area contributed by atoms with Crippen LogP contribution in [-0.4, -0.2) is 23.3 Å². The predicted molar refractivity (Wildman–Crippen MR) is 65.0 cm³/mol. The van der Waals surface area contributed by atoms with Gasteiger partial charge in [0.05, 0.1) is 5.60 Å². The van der Waals surface area contributed by atoms with Gasteiger partial charge in [-0.15, -0.1) is 0 Å². The van der Waals surface area contributed by atoms with Gasteiger partial charge in [0, 0.05) is 6.04 Å². The first-order valence-electron chi connectivity index (χ1n) is 6.55. The van der Waals surface area contributed by atoms with Gasteiger partial charge < -0.3 is 10.4 Å². The number of hydrogen-bond donors (Lipinski definition) is 2. The second-order valence-corrected chi connectivity index (χ2v) is 5.27. The second-order valence-electron chi connectivity index (χ2n) is 5.27. The summed E-state index contributed by atoms with van der Waals surface area (Å²) < 4.78 is 0. The molecule has 0 bridgehead atoms. The minimum atomic E-state index is -0.360. The summed E-state index contributed by atoms with van der Waals surface area (Å²) in [6.45, 7) is 7.65. The van der Waals surface area contributed by atoms with Crippen LogP contribution in [0.1, 0.15) is 59.3 Å². The Hall–Kier alpha value is -0.0800. The molecule has 1 aliphatic carbocycles. The number of nitrogens with one attached hydrogen (secondary N) is 1. The minimum Gasteiger partial charge on any atom is -0.390 e. The van der Waals surface area contributed by atoms with Gasteiger partial charge in [-0.05, 0) is 44.6 Å². The molecule has 1 atom stereocenters. The Balaban J connectivity index is 2.33. The molecule has 0 aromatic rings. The Morgan fingerprint density at radius 2 is 1.93 bits per heavy atom. The minimum absolute atomic E-state index is 0.360. The molecule has 2 nitrogen and oxygen atoms in total. The smallest absolute Gasteiger partial charge is 0.0651 e. The molecule has 0 heterocycles. The van der Waals surface area contributed by atoms with Crippen molar-refractivity contribution in [3.63, 3.8) is 0 Å². The van der Waals surface area contributed by atoms with E-state index in [1.165, 1.54) is 6.42 Å². The zero-order chi connectivity index (χ0) is 11.3. The molecule has 0 saturated heterocycles. The van der Waals surface area contributed by atoms with Crippen molar-refractivity contribution >= 4 is 0 Å². The fraction of sp³-hybridized carbons (Fsp3) is 1.00. The van der Waals surface area contributed by atoms with E-state index in [1.807, 2.05) is 0 Å². The van der Waals surface area contributed by atoms with Gasteiger partial charge in [-0.2, -0.15) is 0 Å². The van der Waals surface area contributed by atoms with Gasteiger partial charge in [-0.1, -0.05) is 27.2 Å². The fourth-order valence-electron chi connectivity index (χ4n) is 2.65. The fourth-order valence-corrected chi connectivity index (χ4v) is 2.65. The lowest BCUT2D eigenvalue weighted by molar-refractivity contribution is -0.0225. The van der Waals surface area contributed by atoms with Crippen LogP contribution in [0.25, 0.3) is 0 Å². The number of aliphatic hydroxyl groups is 1. The molecule has 1 rings (SSSR count). The average molecular weight is 213 g/mol. The maximum absolute atomic E-state index is 10.4. The van der Waals surface area contributed by atoms with Gasteiger partial charge in [0.15, 0.2) is 0 Å². The Morgan fingerprint density at radius 3 is 2.40 bits per heavy atom. The molecule has 0 radical (unpaired) electrons. The van der Waals surface area contributed by atoms with E-state index in [1.54, 1.807) is 0 Å². The van der Waals surface area contributed by atoms with Gasteiger partial charge in [0.1, 0.15) is 0 Å². The van der Waals surface area contributed by atoms with Crippen LogP contribution >= 0.6 is 0 Å². The molecule has 1 saturated carbocycles. The van der Waals surface area contributed by atoms with Crippen molar-refractivity contribution in [3.8, 4) is 0 Å². The molecule has 1 fully saturated rings. The van der Waals surface area contributed by atoms with E-state index in [4.69, 9.17) is 0 Å². The van der Waals surface area contributed by atoms with Crippen LogP contribution in [-0.2, 0) is 0 Å². The molecular formula is C13H27NO. The molecule has 0 aliphatic heterocycles. The third-order valence-corrected chi connectivity index (χ3v) is 3.83. The van der Waals surface area contributed by atoms with Crippen LogP contribution in [0, 0.1) is 5.92 Å². The van der Waals surface area contributed by atoms with Gasteiger partial charge in [0.2, 0.25) is 0 Å². The normalized spacial score (nSPS) is 34.0. The van der Waals surface area contributed by atoms with Crippen molar-refractivity contribution in [1.82, 2.24) is 5.32 Å². The van der Waals surface area contributed by atoms with Crippen molar-refractivity contribution < 1.29 is 5.11 Å². The molecule has 2 heteroatoms. The molecule has 1 unspecified atom stereocenters. The summed E-state index contributed by atoms with van der Waals surface area (Å²) in [4.78, 5) is 0. The van der Waals surface area contributed by atoms with Crippen LogP contribution in [0.2, 0.25) is 0 Å². The molecule has 0 aromatic carbocycles. The molecule has 0 aromatic heterocycles. The standard InChI is InChI=1S/C13H27NO/c1-4-11(3)10-13(15)8-6-12(7-9-13)14-5-2/h11-12,14-15H,4-10H2,1-3H3. The summed E-state index contributed by atoms with van der Waals surface area (Å²) in [6, 6.07) is 0.646. The molecular weight excluding hydrogens is 186 g/mol. The third-order valence-electron chi connectivity index (χ3n) is 3.83. The van der Waals surface area contributed by atoms with Crippen LogP contribution in [0.4, 0.5) is 0 Å². The lowest BCUT2D eigenvalue weighted by Crippen LogP contribution is -2.42. The van der Waals surface area contributed by atoms with Crippen LogP contribution in [0.15, 0.2) is 0 Å². The van der Waals surface area contributed by atoms with E-state index in [-0.39, 0.29) is 5.60 Å². The zero-order valence-electron chi connectivity index (χ0n) is 10.6. The van der Waals surface area contributed by atoms with Crippen molar-refractivity contribution in [3.05, 3.63) is 0 Å². The monoisotopic (exact) mass is 213 g/mol. The van der Waals surface area contributed by atoms with Gasteiger partial charge in [0.25, 0.3) is 0 Å². The van der Waals surface area contributed by atoms with Crippen molar-refractivity contribution in [1.29, 1.82) is 0 Å². The van der Waals surface area contributed by atoms with Crippen LogP contribution < -0.4 is 5.32 Å². The maximum atomic E-state index is 10.4. The average Bonchev–Trinajstić information content (AvgIpc) is 2.22. The maximum Gasteiger partial charge on any atom is 0.0651 e. The first-order valence-corrected chi connectivity index (χ1v) is 6.55. The molecule has 0 amide bonds. The number of hydrogen-bond acceptors (Lipinski definition) is 2. The molecule has 0 spiro atoms. The van der Waals surface area contributed by atoms with E-state index in [9.17, 15) is 5.11 Å². The van der Waals surface area contributed by atoms with Gasteiger partial charge >= 0.3 is 0 Å². The van der Waals surface area contributed by atoms with E-state index in [2.05, 4.69) is 26.1 Å². The highest BCUT2D eigenvalue weighted by Crippen LogP contribution is 2.34. The summed E-state index contributed by atoms with van der Waals surface area (Å²) in [7, 11) is 0. The first-order chi connectivity index (χ1) is 7.09. The largest absolute Gasteiger partial charge is 0.390 e. The Morgan fingerprint density at radius 1 is 1.33 bits per heavy atom.